The number of halogens is 5. The lowest BCUT2D eigenvalue weighted by Gasteiger charge is -2.23. The number of hydrogen-bond acceptors (Lipinski definition) is 6. The number of nitrogens with zero attached hydrogens (tertiary/aromatic N) is 3. The van der Waals surface area contributed by atoms with Gasteiger partial charge < -0.3 is 20.3 Å². The number of aromatic nitrogens is 2. The smallest absolute Gasteiger partial charge is 0.475 e. The van der Waals surface area contributed by atoms with Crippen molar-refractivity contribution in [3.05, 3.63) is 70.8 Å². The van der Waals surface area contributed by atoms with Crippen molar-refractivity contribution < 1.29 is 36.8 Å². The highest BCUT2D eigenvalue weighted by atomic mass is 35.5. The molecule has 8 nitrogen and oxygen atoms in total. The Hall–Kier alpha value is -3.51. The predicted octanol–water partition coefficient (Wildman–Crippen LogP) is 4.79. The molecule has 0 unspecified atom stereocenters. The van der Waals surface area contributed by atoms with Gasteiger partial charge in [0.25, 0.3) is 0 Å². The number of carbonyl (C=O) groups is 2. The lowest BCUT2D eigenvalue weighted by atomic mass is 10.0. The van der Waals surface area contributed by atoms with Crippen LogP contribution in [0.1, 0.15) is 36.8 Å². The normalized spacial score (nSPS) is 16.2. The molecule has 0 radical (unpaired) electrons. The van der Waals surface area contributed by atoms with Crippen LogP contribution in [0.25, 0.3) is 11.4 Å². The molecule has 0 spiro atoms. The molecule has 3 N–H and O–H groups in total. The highest BCUT2D eigenvalue weighted by Gasteiger charge is 2.38. The Kier molecular flexibility index (Phi) is 9.22. The third-order valence-electron chi connectivity index (χ3n) is 5.45. The standard InChI is InChI=1S/C22H22ClFN4O2.C2HF3O2/c23-16-6-1-4-14(10-16)11-18(25)13-20(29)28-9-3-8-19(28)22-26-21(27-30-22)15-5-2-7-17(24)12-15;3-2(4,5)1(6)7/h1-2,4-7,10,12,18-19H,3,8-9,11,13,25H2;(H,6,7)/t18-,19+;/m1./s1. The van der Waals surface area contributed by atoms with Gasteiger partial charge in [-0.25, -0.2) is 9.18 Å². The monoisotopic (exact) mass is 542 g/mol. The van der Waals surface area contributed by atoms with Crippen molar-refractivity contribution in [1.29, 1.82) is 0 Å². The van der Waals surface area contributed by atoms with E-state index in [1.807, 2.05) is 18.2 Å². The third kappa shape index (κ3) is 7.99. The lowest BCUT2D eigenvalue weighted by Crippen LogP contribution is -2.36. The van der Waals surface area contributed by atoms with Gasteiger partial charge in [0.15, 0.2) is 0 Å². The Morgan fingerprint density at radius 1 is 1.22 bits per heavy atom. The summed E-state index contributed by atoms with van der Waals surface area (Å²) >= 11 is 6.02. The molecule has 2 atom stereocenters. The van der Waals surface area contributed by atoms with Crippen molar-refractivity contribution in [2.75, 3.05) is 6.54 Å². The van der Waals surface area contributed by atoms with E-state index in [2.05, 4.69) is 10.1 Å². The van der Waals surface area contributed by atoms with Crippen molar-refractivity contribution in [3.63, 3.8) is 0 Å². The first-order chi connectivity index (χ1) is 17.4. The molecule has 1 amide bonds. The lowest BCUT2D eigenvalue weighted by molar-refractivity contribution is -0.192. The minimum absolute atomic E-state index is 0.0440. The molecule has 37 heavy (non-hydrogen) atoms. The second kappa shape index (κ2) is 12.2. The summed E-state index contributed by atoms with van der Waals surface area (Å²) in [5, 5.41) is 11.7. The summed E-state index contributed by atoms with van der Waals surface area (Å²) in [7, 11) is 0. The van der Waals surface area contributed by atoms with Gasteiger partial charge in [-0.1, -0.05) is 41.0 Å². The summed E-state index contributed by atoms with van der Waals surface area (Å²) in [6.07, 6.45) is -2.72. The SMILES string of the molecule is N[C@@H](CC(=O)N1CCC[C@H]1c1nc(-c2cccc(F)c2)no1)Cc1cccc(Cl)c1.O=C(O)C(F)(F)F. The molecule has 0 saturated carbocycles. The van der Waals surface area contributed by atoms with Gasteiger partial charge in [0.05, 0.1) is 0 Å². The highest BCUT2D eigenvalue weighted by Crippen LogP contribution is 2.33. The van der Waals surface area contributed by atoms with E-state index in [1.54, 1.807) is 23.1 Å². The van der Waals surface area contributed by atoms with Crippen LogP contribution in [0.3, 0.4) is 0 Å². The maximum absolute atomic E-state index is 13.5. The highest BCUT2D eigenvalue weighted by molar-refractivity contribution is 6.30. The topological polar surface area (TPSA) is 123 Å². The molecule has 0 bridgehead atoms. The van der Waals surface area contributed by atoms with E-state index < -0.39 is 12.1 Å². The number of likely N-dealkylation sites (tertiary alicyclic amines) is 1. The summed E-state index contributed by atoms with van der Waals surface area (Å²) in [5.41, 5.74) is 7.75. The second-order valence-corrected chi connectivity index (χ2v) is 8.75. The molecule has 1 aromatic heterocycles. The Balaban J connectivity index is 0.000000479. The van der Waals surface area contributed by atoms with E-state index in [-0.39, 0.29) is 30.2 Å². The van der Waals surface area contributed by atoms with Crippen LogP contribution in [-0.2, 0) is 16.0 Å². The molecule has 1 saturated heterocycles. The second-order valence-electron chi connectivity index (χ2n) is 8.31. The molecule has 1 aliphatic heterocycles. The molecule has 2 aromatic carbocycles. The number of aliphatic carboxylic acids is 1. The number of carbonyl (C=O) groups excluding carboxylic acids is 1. The molecule has 2 heterocycles. The molecule has 4 rings (SSSR count). The quantitative estimate of drug-likeness (QED) is 0.429. The van der Waals surface area contributed by atoms with Crippen LogP contribution in [0.2, 0.25) is 5.02 Å². The van der Waals surface area contributed by atoms with Crippen molar-refractivity contribution in [1.82, 2.24) is 15.0 Å². The summed E-state index contributed by atoms with van der Waals surface area (Å²) in [4.78, 5) is 28.0. The van der Waals surface area contributed by atoms with Crippen LogP contribution < -0.4 is 5.73 Å². The van der Waals surface area contributed by atoms with Crippen molar-refractivity contribution in [2.45, 2.75) is 43.9 Å². The molecule has 198 valence electrons. The maximum Gasteiger partial charge on any atom is 0.490 e. The predicted molar refractivity (Wildman–Crippen MR) is 125 cm³/mol. The molecule has 1 fully saturated rings. The zero-order valence-electron chi connectivity index (χ0n) is 19.3. The van der Waals surface area contributed by atoms with Crippen LogP contribution in [0, 0.1) is 5.82 Å². The van der Waals surface area contributed by atoms with E-state index in [0.29, 0.717) is 35.3 Å². The van der Waals surface area contributed by atoms with Gasteiger partial charge in [-0.3, -0.25) is 4.79 Å². The Labute approximate surface area is 214 Å². The fourth-order valence-corrected chi connectivity index (χ4v) is 4.03. The van der Waals surface area contributed by atoms with Crippen molar-refractivity contribution >= 4 is 23.5 Å². The van der Waals surface area contributed by atoms with Crippen LogP contribution in [0.4, 0.5) is 17.6 Å². The van der Waals surface area contributed by atoms with Crippen molar-refractivity contribution in [2.24, 2.45) is 5.73 Å². The molecule has 3 aromatic rings. The molecular weight excluding hydrogens is 520 g/mol. The van der Waals surface area contributed by atoms with Crippen LogP contribution in [-0.4, -0.2) is 50.8 Å². The van der Waals surface area contributed by atoms with Crippen LogP contribution in [0.15, 0.2) is 53.1 Å². The molecular formula is C24H23ClF4N4O4. The average molecular weight is 543 g/mol. The molecule has 0 aliphatic carbocycles. The molecule has 1 aliphatic rings. The van der Waals surface area contributed by atoms with Gasteiger partial charge in [0, 0.05) is 29.6 Å². The largest absolute Gasteiger partial charge is 0.490 e. The number of benzene rings is 2. The van der Waals surface area contributed by atoms with Gasteiger partial charge in [0.2, 0.25) is 17.6 Å². The van der Waals surface area contributed by atoms with Gasteiger partial charge in [-0.05, 0) is 49.1 Å². The summed E-state index contributed by atoms with van der Waals surface area (Å²) in [5.74, 6) is -2.50. The first-order valence-electron chi connectivity index (χ1n) is 11.1. The van der Waals surface area contributed by atoms with Crippen LogP contribution >= 0.6 is 11.6 Å². The van der Waals surface area contributed by atoms with Crippen molar-refractivity contribution in [3.8, 4) is 11.4 Å². The Morgan fingerprint density at radius 3 is 2.57 bits per heavy atom. The maximum atomic E-state index is 13.5. The van der Waals surface area contributed by atoms with Crippen LogP contribution in [0.5, 0.6) is 0 Å². The van der Waals surface area contributed by atoms with Gasteiger partial charge in [-0.15, -0.1) is 0 Å². The number of alkyl halides is 3. The van der Waals surface area contributed by atoms with Gasteiger partial charge >= 0.3 is 12.1 Å². The number of nitrogens with two attached hydrogens (primary N) is 1. The van der Waals surface area contributed by atoms with E-state index in [1.165, 1.54) is 12.1 Å². The Bertz CT molecular complexity index is 1240. The van der Waals surface area contributed by atoms with Gasteiger partial charge in [-0.2, -0.15) is 18.2 Å². The summed E-state index contributed by atoms with van der Waals surface area (Å²) in [6.45, 7) is 0.616. The molecule has 13 heteroatoms. The number of carboxylic acids is 1. The summed E-state index contributed by atoms with van der Waals surface area (Å²) < 4.78 is 50.6. The van der Waals surface area contributed by atoms with E-state index in [4.69, 9.17) is 31.8 Å². The fourth-order valence-electron chi connectivity index (χ4n) is 3.82. The van der Waals surface area contributed by atoms with Gasteiger partial charge in [0.1, 0.15) is 11.9 Å². The Morgan fingerprint density at radius 2 is 1.92 bits per heavy atom. The zero-order chi connectivity index (χ0) is 27.2. The number of amides is 1. The first kappa shape index (κ1) is 28.1. The third-order valence-corrected chi connectivity index (χ3v) is 5.68. The minimum atomic E-state index is -5.08. The first-order valence-corrected chi connectivity index (χ1v) is 11.5. The van der Waals surface area contributed by atoms with E-state index in [0.717, 1.165) is 18.4 Å². The average Bonchev–Trinajstić information content (AvgIpc) is 3.48. The minimum Gasteiger partial charge on any atom is -0.475 e. The number of carboxylic acid groups (broad SMARTS) is 1. The summed E-state index contributed by atoms with van der Waals surface area (Å²) in [6, 6.07) is 12.9. The van der Waals surface area contributed by atoms with E-state index >= 15 is 0 Å². The zero-order valence-corrected chi connectivity index (χ0v) is 20.0. The number of rotatable bonds is 6. The van der Waals surface area contributed by atoms with E-state index in [9.17, 15) is 22.4 Å². The fraction of sp³-hybridized carbons (Fsp3) is 0.333. The number of hydrogen-bond donors (Lipinski definition) is 2.